The Morgan fingerprint density at radius 2 is 1.68 bits per heavy atom. The minimum Gasteiger partial charge on any atom is -0.457 e. The van der Waals surface area contributed by atoms with Crippen LogP contribution in [-0.4, -0.2) is 34.2 Å². The zero-order valence-electron chi connectivity index (χ0n) is 21.6. The van der Waals surface area contributed by atoms with Crippen LogP contribution in [0.5, 0.6) is 11.5 Å². The van der Waals surface area contributed by atoms with Crippen LogP contribution in [0.4, 0.5) is 0 Å². The molecule has 3 atom stereocenters. The van der Waals surface area contributed by atoms with Crippen molar-refractivity contribution in [3.63, 3.8) is 0 Å². The van der Waals surface area contributed by atoms with E-state index < -0.39 is 23.1 Å². The highest BCUT2D eigenvalue weighted by atomic mass is 16.6. The molecule has 0 amide bonds. The van der Waals surface area contributed by atoms with E-state index in [9.17, 15) is 24.3 Å². The Bertz CT molecular complexity index is 1510. The molecule has 2 aromatic carbocycles. The largest absolute Gasteiger partial charge is 0.457 e. The van der Waals surface area contributed by atoms with Gasteiger partial charge in [-0.25, -0.2) is 0 Å². The molecule has 5 rings (SSSR count). The number of ketones is 3. The molecular formula is C30H28O7. The van der Waals surface area contributed by atoms with E-state index >= 15 is 0 Å². The maximum Gasteiger partial charge on any atom is 0.308 e. The van der Waals surface area contributed by atoms with E-state index in [0.717, 1.165) is 0 Å². The van der Waals surface area contributed by atoms with Gasteiger partial charge in [0.1, 0.15) is 11.5 Å². The summed E-state index contributed by atoms with van der Waals surface area (Å²) in [7, 11) is 0. The monoisotopic (exact) mass is 500 g/mol. The standard InChI is InChI=1S/C30H28O7/c1-14-11-24-25(17(4)28(14)36-18(5)31)29(6)22(23(32)12-15(2)30(29,35)37-24)13-21-16(3)26(33)19-9-7-8-10-20(19)27(21)34/h7-12,22,35H,13H2,1-6H3/t22-,29-,30-/m0/s1. The number of ether oxygens (including phenoxy) is 2. The highest BCUT2D eigenvalue weighted by Gasteiger charge is 2.66. The van der Waals surface area contributed by atoms with Crippen molar-refractivity contribution in [3.8, 4) is 11.5 Å². The van der Waals surface area contributed by atoms with Crippen molar-refractivity contribution in [2.45, 2.75) is 59.2 Å². The predicted octanol–water partition coefficient (Wildman–Crippen LogP) is 4.50. The zero-order chi connectivity index (χ0) is 27.0. The third-order valence-corrected chi connectivity index (χ3v) is 8.22. The third kappa shape index (κ3) is 3.23. The number of aliphatic hydroxyl groups is 1. The Hall–Kier alpha value is -3.84. The highest BCUT2D eigenvalue weighted by molar-refractivity contribution is 6.26. The van der Waals surface area contributed by atoms with Crippen molar-refractivity contribution in [1.82, 2.24) is 0 Å². The quantitative estimate of drug-likeness (QED) is 0.489. The number of allylic oxidation sites excluding steroid dienone is 3. The molecule has 37 heavy (non-hydrogen) atoms. The summed E-state index contributed by atoms with van der Waals surface area (Å²) in [6, 6.07) is 8.33. The van der Waals surface area contributed by atoms with Gasteiger partial charge >= 0.3 is 5.97 Å². The highest BCUT2D eigenvalue weighted by Crippen LogP contribution is 2.60. The van der Waals surface area contributed by atoms with Gasteiger partial charge < -0.3 is 14.6 Å². The Balaban J connectivity index is 1.71. The first-order chi connectivity index (χ1) is 17.3. The van der Waals surface area contributed by atoms with Crippen LogP contribution in [0, 0.1) is 19.8 Å². The molecule has 1 aliphatic heterocycles. The molecule has 7 nitrogen and oxygen atoms in total. The van der Waals surface area contributed by atoms with Gasteiger partial charge in [-0.2, -0.15) is 0 Å². The van der Waals surface area contributed by atoms with Gasteiger partial charge in [0.05, 0.1) is 5.41 Å². The Labute approximate surface area is 214 Å². The number of hydrogen-bond acceptors (Lipinski definition) is 7. The van der Waals surface area contributed by atoms with Crippen LogP contribution in [-0.2, 0) is 15.0 Å². The SMILES string of the molecule is CC(=O)Oc1c(C)cc2c(c1C)[C@]1(C)[C@@H](CC3=C(C)C(=O)c4ccccc4C3=O)C(=O)C=C(C)[C@]1(O)O2. The van der Waals surface area contributed by atoms with E-state index in [4.69, 9.17) is 9.47 Å². The number of aryl methyl sites for hydroxylation is 1. The predicted molar refractivity (Wildman–Crippen MR) is 135 cm³/mol. The van der Waals surface area contributed by atoms with Crippen molar-refractivity contribution in [3.05, 3.63) is 80.9 Å². The lowest BCUT2D eigenvalue weighted by Gasteiger charge is -2.46. The molecule has 0 bridgehead atoms. The van der Waals surface area contributed by atoms with Crippen molar-refractivity contribution in [2.24, 2.45) is 5.92 Å². The summed E-state index contributed by atoms with van der Waals surface area (Å²) in [4.78, 5) is 52.1. The number of Topliss-reactive ketones (excluding diaryl/α,β-unsaturated/α-hetero) is 2. The molecule has 0 fully saturated rings. The molecule has 2 aromatic rings. The van der Waals surface area contributed by atoms with Crippen LogP contribution in [0.2, 0.25) is 0 Å². The van der Waals surface area contributed by atoms with Gasteiger partial charge in [-0.15, -0.1) is 0 Å². The molecule has 0 saturated carbocycles. The molecule has 0 radical (unpaired) electrons. The van der Waals surface area contributed by atoms with Crippen LogP contribution in [0.3, 0.4) is 0 Å². The second-order valence-corrected chi connectivity index (χ2v) is 10.4. The number of rotatable bonds is 3. The van der Waals surface area contributed by atoms with Gasteiger partial charge in [-0.1, -0.05) is 24.3 Å². The summed E-state index contributed by atoms with van der Waals surface area (Å²) >= 11 is 0. The minimum absolute atomic E-state index is 0.0643. The van der Waals surface area contributed by atoms with Crippen LogP contribution in [0.25, 0.3) is 0 Å². The summed E-state index contributed by atoms with van der Waals surface area (Å²) < 4.78 is 11.7. The number of benzene rings is 2. The van der Waals surface area contributed by atoms with Crippen molar-refractivity contribution < 1.29 is 33.8 Å². The van der Waals surface area contributed by atoms with Gasteiger partial charge in [0, 0.05) is 46.3 Å². The number of fused-ring (bicyclic) bond motifs is 4. The minimum atomic E-state index is -1.88. The van der Waals surface area contributed by atoms with Crippen molar-refractivity contribution >= 4 is 23.3 Å². The van der Waals surface area contributed by atoms with E-state index in [1.807, 2.05) is 0 Å². The maximum atomic E-state index is 13.6. The molecule has 7 heteroatoms. The molecule has 1 N–H and O–H groups in total. The first kappa shape index (κ1) is 24.8. The smallest absolute Gasteiger partial charge is 0.308 e. The van der Waals surface area contributed by atoms with E-state index in [1.165, 1.54) is 13.0 Å². The lowest BCUT2D eigenvalue weighted by atomic mass is 9.58. The fourth-order valence-corrected chi connectivity index (χ4v) is 6.29. The Morgan fingerprint density at radius 1 is 1.05 bits per heavy atom. The first-order valence-corrected chi connectivity index (χ1v) is 12.2. The van der Waals surface area contributed by atoms with Crippen LogP contribution < -0.4 is 9.47 Å². The van der Waals surface area contributed by atoms with Gasteiger partial charge in [0.15, 0.2) is 17.3 Å². The average molecular weight is 501 g/mol. The molecule has 190 valence electrons. The molecule has 1 heterocycles. The average Bonchev–Trinajstić information content (AvgIpc) is 3.07. The topological polar surface area (TPSA) is 107 Å². The summed E-state index contributed by atoms with van der Waals surface area (Å²) in [5, 5.41) is 12.0. The fourth-order valence-electron chi connectivity index (χ4n) is 6.29. The summed E-state index contributed by atoms with van der Waals surface area (Å²) in [5.41, 5.74) is 1.93. The number of carbonyl (C=O) groups excluding carboxylic acids is 4. The van der Waals surface area contributed by atoms with E-state index in [1.54, 1.807) is 65.0 Å². The van der Waals surface area contributed by atoms with Gasteiger partial charge in [-0.05, 0) is 64.3 Å². The molecular weight excluding hydrogens is 472 g/mol. The first-order valence-electron chi connectivity index (χ1n) is 12.2. The molecule has 3 aliphatic rings. The van der Waals surface area contributed by atoms with Crippen molar-refractivity contribution in [2.75, 3.05) is 0 Å². The second-order valence-electron chi connectivity index (χ2n) is 10.4. The van der Waals surface area contributed by atoms with Crippen molar-refractivity contribution in [1.29, 1.82) is 0 Å². The van der Waals surface area contributed by atoms with E-state index in [2.05, 4.69) is 0 Å². The van der Waals surface area contributed by atoms with E-state index in [-0.39, 0.29) is 34.9 Å². The van der Waals surface area contributed by atoms with Gasteiger partial charge in [-0.3, -0.25) is 19.2 Å². The Morgan fingerprint density at radius 3 is 2.30 bits per heavy atom. The number of carbonyl (C=O) groups is 4. The Kier molecular flexibility index (Phi) is 5.42. The maximum absolute atomic E-state index is 13.6. The summed E-state index contributed by atoms with van der Waals surface area (Å²) in [5.74, 6) is -3.43. The number of esters is 1. The van der Waals surface area contributed by atoms with Gasteiger partial charge in [0.2, 0.25) is 5.79 Å². The van der Waals surface area contributed by atoms with Crippen LogP contribution in [0.1, 0.15) is 71.5 Å². The molecule has 0 spiro atoms. The molecule has 0 unspecified atom stereocenters. The second kappa shape index (κ2) is 8.08. The van der Waals surface area contributed by atoms with Gasteiger partial charge in [0.25, 0.3) is 0 Å². The fraction of sp³-hybridized carbons (Fsp3) is 0.333. The van der Waals surface area contributed by atoms with E-state index in [0.29, 0.717) is 44.9 Å². The third-order valence-electron chi connectivity index (χ3n) is 8.22. The lowest BCUT2D eigenvalue weighted by Crippen LogP contribution is -2.59. The summed E-state index contributed by atoms with van der Waals surface area (Å²) in [6.45, 7) is 9.79. The lowest BCUT2D eigenvalue weighted by molar-refractivity contribution is -0.165. The zero-order valence-corrected chi connectivity index (χ0v) is 21.6. The molecule has 2 aliphatic carbocycles. The summed E-state index contributed by atoms with van der Waals surface area (Å²) in [6.07, 6.45) is 1.29. The van der Waals surface area contributed by atoms with Crippen LogP contribution in [0.15, 0.2) is 53.1 Å². The number of hydrogen-bond donors (Lipinski definition) is 1. The molecule has 0 saturated heterocycles. The molecule has 0 aromatic heterocycles. The van der Waals surface area contributed by atoms with Crippen LogP contribution >= 0.6 is 0 Å². The normalized spacial score (nSPS) is 26.3.